The Morgan fingerprint density at radius 3 is 2.50 bits per heavy atom. The number of aromatic nitrogens is 1. The molecule has 0 spiro atoms. The molecule has 0 unspecified atom stereocenters. The predicted molar refractivity (Wildman–Crippen MR) is 93.7 cm³/mol. The van der Waals surface area contributed by atoms with Gasteiger partial charge in [0.1, 0.15) is 9.88 Å². The molecular formula is C17H14N2OS2. The lowest BCUT2D eigenvalue weighted by Gasteiger charge is -2.03. The second-order valence-electron chi connectivity index (χ2n) is 4.58. The Hall–Kier alpha value is -2.11. The van der Waals surface area contributed by atoms with Gasteiger partial charge >= 0.3 is 0 Å². The van der Waals surface area contributed by atoms with Gasteiger partial charge in [0.25, 0.3) is 5.91 Å². The van der Waals surface area contributed by atoms with Gasteiger partial charge in [-0.3, -0.25) is 4.79 Å². The van der Waals surface area contributed by atoms with E-state index in [1.165, 1.54) is 16.2 Å². The van der Waals surface area contributed by atoms with Crippen molar-refractivity contribution < 1.29 is 4.79 Å². The molecule has 0 atom stereocenters. The Morgan fingerprint density at radius 1 is 1.09 bits per heavy atom. The van der Waals surface area contributed by atoms with Crippen LogP contribution in [0.5, 0.6) is 0 Å². The van der Waals surface area contributed by atoms with E-state index in [1.807, 2.05) is 60.9 Å². The zero-order chi connectivity index (χ0) is 15.4. The number of rotatable bonds is 4. The summed E-state index contributed by atoms with van der Waals surface area (Å²) in [7, 11) is 0. The standard InChI is InChI=1S/C17H14N2OS2/c1-21-14-9-7-13(8-10-14)19-16(20)15-11-18-17(22-15)12-5-3-2-4-6-12/h2-11H,1H3,(H,19,20). The first-order valence-electron chi connectivity index (χ1n) is 6.73. The minimum atomic E-state index is -0.128. The summed E-state index contributed by atoms with van der Waals surface area (Å²) in [5.74, 6) is -0.128. The highest BCUT2D eigenvalue weighted by atomic mass is 32.2. The van der Waals surface area contributed by atoms with Gasteiger partial charge in [0.15, 0.2) is 0 Å². The van der Waals surface area contributed by atoms with Crippen molar-refractivity contribution >= 4 is 34.7 Å². The molecule has 0 radical (unpaired) electrons. The molecule has 0 saturated carbocycles. The molecule has 22 heavy (non-hydrogen) atoms. The summed E-state index contributed by atoms with van der Waals surface area (Å²) in [6.45, 7) is 0. The number of carbonyl (C=O) groups excluding carboxylic acids is 1. The summed E-state index contributed by atoms with van der Waals surface area (Å²) in [4.78, 5) is 18.4. The zero-order valence-electron chi connectivity index (χ0n) is 11.9. The van der Waals surface area contributed by atoms with E-state index in [4.69, 9.17) is 0 Å². The number of amides is 1. The summed E-state index contributed by atoms with van der Waals surface area (Å²) in [6, 6.07) is 17.6. The van der Waals surface area contributed by atoms with Crippen molar-refractivity contribution in [1.82, 2.24) is 4.98 Å². The van der Waals surface area contributed by atoms with E-state index in [0.717, 1.165) is 16.3 Å². The van der Waals surface area contributed by atoms with Gasteiger partial charge in [0.2, 0.25) is 0 Å². The lowest BCUT2D eigenvalue weighted by molar-refractivity contribution is 0.103. The van der Waals surface area contributed by atoms with Crippen molar-refractivity contribution in [2.75, 3.05) is 11.6 Å². The van der Waals surface area contributed by atoms with Crippen LogP contribution in [0.1, 0.15) is 9.67 Å². The molecule has 1 heterocycles. The molecule has 0 aliphatic heterocycles. The first kappa shape index (κ1) is 14.8. The maximum atomic E-state index is 12.3. The number of nitrogens with one attached hydrogen (secondary N) is 1. The molecule has 110 valence electrons. The van der Waals surface area contributed by atoms with Crippen molar-refractivity contribution in [2.24, 2.45) is 0 Å². The number of carbonyl (C=O) groups is 1. The van der Waals surface area contributed by atoms with E-state index in [-0.39, 0.29) is 5.91 Å². The smallest absolute Gasteiger partial charge is 0.267 e. The third-order valence-corrected chi connectivity index (χ3v) is 4.89. The lowest BCUT2D eigenvalue weighted by Crippen LogP contribution is -2.09. The SMILES string of the molecule is CSc1ccc(NC(=O)c2cnc(-c3ccccc3)s2)cc1. The van der Waals surface area contributed by atoms with Crippen molar-refractivity contribution in [1.29, 1.82) is 0 Å². The first-order valence-corrected chi connectivity index (χ1v) is 8.77. The maximum Gasteiger partial charge on any atom is 0.267 e. The van der Waals surface area contributed by atoms with Crippen LogP contribution in [0.15, 0.2) is 65.7 Å². The Balaban J connectivity index is 1.74. The summed E-state index contributed by atoms with van der Waals surface area (Å²) in [5, 5.41) is 3.75. The molecule has 0 fully saturated rings. The average molecular weight is 326 g/mol. The van der Waals surface area contributed by atoms with Gasteiger partial charge in [-0.1, -0.05) is 30.3 Å². The van der Waals surface area contributed by atoms with Crippen LogP contribution >= 0.6 is 23.1 Å². The van der Waals surface area contributed by atoms with E-state index in [1.54, 1.807) is 18.0 Å². The Kier molecular flexibility index (Phi) is 4.56. The molecule has 1 aromatic heterocycles. The molecule has 0 aliphatic rings. The molecule has 0 bridgehead atoms. The molecule has 1 amide bonds. The van der Waals surface area contributed by atoms with Crippen LogP contribution in [0.2, 0.25) is 0 Å². The normalized spacial score (nSPS) is 10.4. The van der Waals surface area contributed by atoms with Crippen molar-refractivity contribution in [3.8, 4) is 10.6 Å². The van der Waals surface area contributed by atoms with E-state index in [0.29, 0.717) is 4.88 Å². The van der Waals surface area contributed by atoms with E-state index in [9.17, 15) is 4.79 Å². The summed E-state index contributed by atoms with van der Waals surface area (Å²) in [6.07, 6.45) is 3.65. The molecular weight excluding hydrogens is 312 g/mol. The molecule has 3 aromatic rings. The van der Waals surface area contributed by atoms with Crippen LogP contribution in [-0.4, -0.2) is 17.1 Å². The highest BCUT2D eigenvalue weighted by Gasteiger charge is 2.11. The van der Waals surface area contributed by atoms with E-state index < -0.39 is 0 Å². The summed E-state index contributed by atoms with van der Waals surface area (Å²) in [5.41, 5.74) is 1.81. The van der Waals surface area contributed by atoms with Gasteiger partial charge in [-0.25, -0.2) is 4.98 Å². The number of anilines is 1. The van der Waals surface area contributed by atoms with Gasteiger partial charge in [-0.05, 0) is 30.5 Å². The van der Waals surface area contributed by atoms with Gasteiger partial charge in [-0.15, -0.1) is 23.1 Å². The summed E-state index contributed by atoms with van der Waals surface area (Å²) >= 11 is 3.07. The highest BCUT2D eigenvalue weighted by Crippen LogP contribution is 2.25. The monoisotopic (exact) mass is 326 g/mol. The van der Waals surface area contributed by atoms with Gasteiger partial charge in [0, 0.05) is 16.1 Å². The number of thiazole rings is 1. The van der Waals surface area contributed by atoms with Crippen molar-refractivity contribution in [2.45, 2.75) is 4.90 Å². The van der Waals surface area contributed by atoms with Crippen LogP contribution in [-0.2, 0) is 0 Å². The number of nitrogens with zero attached hydrogens (tertiary/aromatic N) is 1. The quantitative estimate of drug-likeness (QED) is 0.701. The molecule has 2 aromatic carbocycles. The number of benzene rings is 2. The second-order valence-corrected chi connectivity index (χ2v) is 6.49. The number of thioether (sulfide) groups is 1. The van der Waals surface area contributed by atoms with E-state index in [2.05, 4.69) is 10.3 Å². The predicted octanol–water partition coefficient (Wildman–Crippen LogP) is 4.78. The molecule has 3 rings (SSSR count). The Morgan fingerprint density at radius 2 is 1.82 bits per heavy atom. The van der Waals surface area contributed by atoms with Crippen LogP contribution in [0.25, 0.3) is 10.6 Å². The zero-order valence-corrected chi connectivity index (χ0v) is 13.6. The third-order valence-electron chi connectivity index (χ3n) is 3.10. The topological polar surface area (TPSA) is 42.0 Å². The highest BCUT2D eigenvalue weighted by molar-refractivity contribution is 7.98. The third kappa shape index (κ3) is 3.37. The largest absolute Gasteiger partial charge is 0.321 e. The Bertz CT molecular complexity index is 767. The van der Waals surface area contributed by atoms with Crippen LogP contribution in [0.3, 0.4) is 0 Å². The van der Waals surface area contributed by atoms with Gasteiger partial charge in [-0.2, -0.15) is 0 Å². The van der Waals surface area contributed by atoms with Crippen LogP contribution < -0.4 is 5.32 Å². The van der Waals surface area contributed by atoms with Gasteiger partial charge in [0.05, 0.1) is 6.20 Å². The molecule has 1 N–H and O–H groups in total. The average Bonchev–Trinajstić information content (AvgIpc) is 3.06. The maximum absolute atomic E-state index is 12.3. The lowest BCUT2D eigenvalue weighted by atomic mass is 10.2. The molecule has 0 saturated heterocycles. The minimum absolute atomic E-state index is 0.128. The molecule has 0 aliphatic carbocycles. The number of hydrogen-bond acceptors (Lipinski definition) is 4. The fourth-order valence-corrected chi connectivity index (χ4v) is 3.19. The Labute approximate surface area is 137 Å². The first-order chi connectivity index (χ1) is 10.8. The number of hydrogen-bond donors (Lipinski definition) is 1. The van der Waals surface area contributed by atoms with Gasteiger partial charge < -0.3 is 5.32 Å². The molecule has 3 nitrogen and oxygen atoms in total. The fourth-order valence-electron chi connectivity index (χ4n) is 1.96. The minimum Gasteiger partial charge on any atom is -0.321 e. The summed E-state index contributed by atoms with van der Waals surface area (Å²) < 4.78 is 0. The fraction of sp³-hybridized carbons (Fsp3) is 0.0588. The van der Waals surface area contributed by atoms with Crippen molar-refractivity contribution in [3.63, 3.8) is 0 Å². The molecule has 5 heteroatoms. The van der Waals surface area contributed by atoms with E-state index >= 15 is 0 Å². The van der Waals surface area contributed by atoms with Crippen LogP contribution in [0, 0.1) is 0 Å². The second kappa shape index (κ2) is 6.77. The van der Waals surface area contributed by atoms with Crippen LogP contribution in [0.4, 0.5) is 5.69 Å². The van der Waals surface area contributed by atoms with Crippen molar-refractivity contribution in [3.05, 3.63) is 65.7 Å².